The van der Waals surface area contributed by atoms with E-state index in [1.165, 1.54) is 30.6 Å². The van der Waals surface area contributed by atoms with E-state index in [9.17, 15) is 14.4 Å². The van der Waals surface area contributed by atoms with Crippen LogP contribution in [0.15, 0.2) is 53.5 Å². The number of rotatable bonds is 4. The number of amides is 4. The zero-order chi connectivity index (χ0) is 25.2. The van der Waals surface area contributed by atoms with Crippen LogP contribution >= 0.6 is 0 Å². The molecule has 4 aliphatic rings. The number of benzodiazepines with no additional fused rings is 1. The number of urea groups is 1. The summed E-state index contributed by atoms with van der Waals surface area (Å²) >= 11 is 0. The molecule has 3 aliphatic heterocycles. The summed E-state index contributed by atoms with van der Waals surface area (Å²) in [5.74, 6) is 0.611. The van der Waals surface area contributed by atoms with Gasteiger partial charge in [0.25, 0.3) is 5.91 Å². The summed E-state index contributed by atoms with van der Waals surface area (Å²) in [6.07, 6.45) is 3.56. The van der Waals surface area contributed by atoms with Crippen molar-refractivity contribution < 1.29 is 14.4 Å². The van der Waals surface area contributed by atoms with Gasteiger partial charge < -0.3 is 15.5 Å². The van der Waals surface area contributed by atoms with Gasteiger partial charge in [-0.2, -0.15) is 0 Å². The van der Waals surface area contributed by atoms with E-state index < -0.39 is 18.1 Å². The van der Waals surface area contributed by atoms with Crippen LogP contribution in [0.4, 0.5) is 16.2 Å². The van der Waals surface area contributed by atoms with Crippen LogP contribution < -0.4 is 15.5 Å². The molecule has 2 aromatic carbocycles. The van der Waals surface area contributed by atoms with Gasteiger partial charge in [0.2, 0.25) is 12.1 Å². The van der Waals surface area contributed by atoms with Crippen molar-refractivity contribution in [2.24, 2.45) is 16.8 Å². The molecule has 2 N–H and O–H groups in total. The average molecular weight is 488 g/mol. The molecule has 1 saturated carbocycles. The second-order valence-corrected chi connectivity index (χ2v) is 10.2. The Balaban J connectivity index is 1.37. The van der Waals surface area contributed by atoms with Gasteiger partial charge in [0.15, 0.2) is 0 Å². The van der Waals surface area contributed by atoms with Gasteiger partial charge in [0.1, 0.15) is 6.54 Å². The lowest BCUT2D eigenvalue weighted by molar-refractivity contribution is -0.132. The number of para-hydroxylation sites is 1. The number of hydrogen-bond acceptors (Lipinski definition) is 4. The third-order valence-corrected chi connectivity index (χ3v) is 7.52. The molecular weight excluding hydrogens is 454 g/mol. The molecule has 0 aromatic heterocycles. The summed E-state index contributed by atoms with van der Waals surface area (Å²) < 4.78 is 0. The predicted molar refractivity (Wildman–Crippen MR) is 140 cm³/mol. The lowest BCUT2D eigenvalue weighted by Gasteiger charge is -2.29. The third-order valence-electron chi connectivity index (χ3n) is 7.52. The number of aliphatic imine (C=N–C) groups is 1. The number of anilines is 2. The number of fused-ring (bicyclic) bond motifs is 5. The number of hydrogen-bond donors (Lipinski definition) is 2. The number of carbonyl (C=O) groups excluding carboxylic acids is 3. The van der Waals surface area contributed by atoms with Crippen molar-refractivity contribution in [2.75, 3.05) is 29.9 Å². The Bertz CT molecular complexity index is 1190. The Labute approximate surface area is 211 Å². The summed E-state index contributed by atoms with van der Waals surface area (Å²) in [6.45, 7) is 5.20. The molecule has 2 bridgehead atoms. The summed E-state index contributed by atoms with van der Waals surface area (Å²) in [5, 5.41) is 5.48. The number of aryl methyl sites for hydroxylation is 1. The van der Waals surface area contributed by atoms with E-state index in [1.807, 2.05) is 61.2 Å². The van der Waals surface area contributed by atoms with Crippen LogP contribution in [0.2, 0.25) is 0 Å². The second-order valence-electron chi connectivity index (χ2n) is 10.2. The van der Waals surface area contributed by atoms with Gasteiger partial charge in [0, 0.05) is 30.1 Å². The smallest absolute Gasteiger partial charge is 0.321 e. The Kier molecular flexibility index (Phi) is 6.76. The molecule has 1 unspecified atom stereocenters. The van der Waals surface area contributed by atoms with Crippen LogP contribution in [0.1, 0.15) is 43.7 Å². The molecule has 6 rings (SSSR count). The highest BCUT2D eigenvalue weighted by molar-refractivity contribution is 6.14. The molecule has 4 amide bonds. The van der Waals surface area contributed by atoms with Crippen LogP contribution in [0.25, 0.3) is 0 Å². The van der Waals surface area contributed by atoms with Crippen molar-refractivity contribution in [1.29, 1.82) is 0 Å². The van der Waals surface area contributed by atoms with E-state index in [0.29, 0.717) is 28.9 Å². The first kappa shape index (κ1) is 24.0. The molecule has 3 heterocycles. The van der Waals surface area contributed by atoms with E-state index in [0.717, 1.165) is 24.2 Å². The van der Waals surface area contributed by atoms with E-state index in [-0.39, 0.29) is 12.5 Å². The summed E-state index contributed by atoms with van der Waals surface area (Å²) in [4.78, 5) is 48.0. The molecule has 1 aliphatic carbocycles. The van der Waals surface area contributed by atoms with Crippen molar-refractivity contribution >= 4 is 34.9 Å². The Morgan fingerprint density at radius 3 is 2.36 bits per heavy atom. The molecule has 188 valence electrons. The Morgan fingerprint density at radius 1 is 0.972 bits per heavy atom. The number of nitrogens with zero attached hydrogens (tertiary/aromatic N) is 3. The maximum absolute atomic E-state index is 13.7. The SMILES string of the molecule is CC1=NC(NC(=O)Nc2cccc(C)c2)C(=O)N(CC(=O)N2CC3CCC(CC3)C2)c2ccccc21. The first-order chi connectivity index (χ1) is 17.4. The minimum atomic E-state index is -1.14. The quantitative estimate of drug-likeness (QED) is 0.684. The maximum Gasteiger partial charge on any atom is 0.321 e. The lowest BCUT2D eigenvalue weighted by atomic mass is 9.84. The maximum atomic E-state index is 13.7. The van der Waals surface area contributed by atoms with E-state index >= 15 is 0 Å². The van der Waals surface area contributed by atoms with Gasteiger partial charge in [0.05, 0.1) is 5.69 Å². The van der Waals surface area contributed by atoms with Gasteiger partial charge in [-0.1, -0.05) is 30.3 Å². The normalized spacial score (nSPS) is 23.3. The van der Waals surface area contributed by atoms with Crippen LogP contribution in [0.5, 0.6) is 0 Å². The Morgan fingerprint density at radius 2 is 1.67 bits per heavy atom. The van der Waals surface area contributed by atoms with E-state index in [4.69, 9.17) is 0 Å². The van der Waals surface area contributed by atoms with Crippen molar-refractivity contribution in [3.05, 3.63) is 59.7 Å². The molecule has 3 fully saturated rings. The summed E-state index contributed by atoms with van der Waals surface area (Å²) in [7, 11) is 0. The molecule has 8 nitrogen and oxygen atoms in total. The van der Waals surface area contributed by atoms with Crippen LogP contribution in [0.3, 0.4) is 0 Å². The first-order valence-electron chi connectivity index (χ1n) is 12.7. The minimum absolute atomic E-state index is 0.0560. The number of benzene rings is 2. The number of carbonyl (C=O) groups is 3. The van der Waals surface area contributed by atoms with Crippen LogP contribution in [-0.2, 0) is 9.59 Å². The van der Waals surface area contributed by atoms with Gasteiger partial charge in [-0.3, -0.25) is 19.5 Å². The fourth-order valence-electron chi connectivity index (χ4n) is 5.60. The lowest BCUT2D eigenvalue weighted by Crippen LogP contribution is -2.51. The average Bonchev–Trinajstić information content (AvgIpc) is 3.24. The fraction of sp³-hybridized carbons (Fsp3) is 0.429. The summed E-state index contributed by atoms with van der Waals surface area (Å²) in [6, 6.07) is 14.3. The van der Waals surface area contributed by atoms with Gasteiger partial charge in [-0.15, -0.1) is 0 Å². The van der Waals surface area contributed by atoms with Crippen LogP contribution in [-0.4, -0.2) is 54.3 Å². The molecule has 0 spiro atoms. The molecule has 2 aromatic rings. The zero-order valence-electron chi connectivity index (χ0n) is 20.9. The third kappa shape index (κ3) is 5.12. The van der Waals surface area contributed by atoms with Crippen molar-refractivity contribution in [3.63, 3.8) is 0 Å². The van der Waals surface area contributed by atoms with Crippen molar-refractivity contribution in [1.82, 2.24) is 10.2 Å². The molecule has 8 heteroatoms. The van der Waals surface area contributed by atoms with Gasteiger partial charge in [-0.05, 0) is 75.1 Å². The highest BCUT2D eigenvalue weighted by Crippen LogP contribution is 2.34. The van der Waals surface area contributed by atoms with Crippen molar-refractivity contribution in [2.45, 2.75) is 45.7 Å². The topological polar surface area (TPSA) is 94.1 Å². The molecule has 36 heavy (non-hydrogen) atoms. The monoisotopic (exact) mass is 487 g/mol. The predicted octanol–water partition coefficient (Wildman–Crippen LogP) is 3.95. The molecule has 1 atom stereocenters. The van der Waals surface area contributed by atoms with E-state index in [1.54, 1.807) is 6.07 Å². The van der Waals surface area contributed by atoms with Gasteiger partial charge >= 0.3 is 6.03 Å². The summed E-state index contributed by atoms with van der Waals surface area (Å²) in [5.41, 5.74) is 3.67. The zero-order valence-corrected chi connectivity index (χ0v) is 20.9. The highest BCUT2D eigenvalue weighted by atomic mass is 16.2. The van der Waals surface area contributed by atoms with Crippen molar-refractivity contribution in [3.8, 4) is 0 Å². The fourth-order valence-corrected chi connectivity index (χ4v) is 5.60. The number of nitrogens with one attached hydrogen (secondary N) is 2. The Hall–Kier alpha value is -3.68. The highest BCUT2D eigenvalue weighted by Gasteiger charge is 2.36. The second kappa shape index (κ2) is 10.1. The molecular formula is C28H33N5O3. The molecule has 2 saturated heterocycles. The molecule has 0 radical (unpaired) electrons. The standard InChI is InChI=1S/C28H33N5O3/c1-18-6-5-7-22(14-18)30-28(36)31-26-27(35)33(24-9-4-3-8-23(24)19(2)29-26)17-25(34)32-15-20-10-11-21(16-32)13-12-20/h3-9,14,20-21,26H,10-13,15-17H2,1-2H3,(H2,30,31,36). The largest absolute Gasteiger partial charge is 0.341 e. The van der Waals surface area contributed by atoms with E-state index in [2.05, 4.69) is 15.6 Å². The van der Waals surface area contributed by atoms with Gasteiger partial charge in [-0.25, -0.2) is 4.79 Å². The van der Waals surface area contributed by atoms with Crippen LogP contribution in [0, 0.1) is 18.8 Å². The first-order valence-corrected chi connectivity index (χ1v) is 12.7. The minimum Gasteiger partial charge on any atom is -0.341 e.